The SMILES string of the molecule is CC(C)[C@@H](NC(=O)c1ccccn1)c1nnc2n1CCN(C(=O)C1=CCCC1)CC2. The number of rotatable bonds is 5. The minimum Gasteiger partial charge on any atom is -0.340 e. The molecule has 0 saturated heterocycles. The predicted molar refractivity (Wildman–Crippen MR) is 112 cm³/mol. The highest BCUT2D eigenvalue weighted by molar-refractivity contribution is 5.94. The number of carbonyl (C=O) groups is 2. The Balaban J connectivity index is 1.51. The van der Waals surface area contributed by atoms with Gasteiger partial charge in [0.15, 0.2) is 5.82 Å². The van der Waals surface area contributed by atoms with E-state index in [1.165, 1.54) is 0 Å². The summed E-state index contributed by atoms with van der Waals surface area (Å²) in [5.74, 6) is 1.63. The molecule has 2 amide bonds. The van der Waals surface area contributed by atoms with Crippen LogP contribution in [0, 0.1) is 5.92 Å². The van der Waals surface area contributed by atoms with Crippen LogP contribution in [-0.4, -0.2) is 49.6 Å². The second-order valence-electron chi connectivity index (χ2n) is 8.20. The zero-order chi connectivity index (χ0) is 21.1. The normalized spacial score (nSPS) is 17.3. The summed E-state index contributed by atoms with van der Waals surface area (Å²) in [4.78, 5) is 31.6. The topological polar surface area (TPSA) is 93.0 Å². The van der Waals surface area contributed by atoms with Crippen molar-refractivity contribution in [2.75, 3.05) is 13.1 Å². The summed E-state index contributed by atoms with van der Waals surface area (Å²) >= 11 is 0. The molecule has 2 aromatic heterocycles. The second kappa shape index (κ2) is 8.77. The van der Waals surface area contributed by atoms with Crippen molar-refractivity contribution in [3.8, 4) is 0 Å². The van der Waals surface area contributed by atoms with Crippen LogP contribution in [0.3, 0.4) is 0 Å². The minimum absolute atomic E-state index is 0.121. The molecule has 0 aromatic carbocycles. The Morgan fingerprint density at radius 2 is 1.97 bits per heavy atom. The van der Waals surface area contributed by atoms with E-state index < -0.39 is 0 Å². The molecule has 0 unspecified atom stereocenters. The standard InChI is InChI=1S/C22H28N6O2/c1-15(2)19(24-21(29)17-9-5-6-11-23-17)20-26-25-18-10-12-27(13-14-28(18)20)22(30)16-7-3-4-8-16/h5-7,9,11,15,19H,3-4,8,10,12-14H2,1-2H3,(H,24,29)/t19-/m1/s1. The molecule has 158 valence electrons. The van der Waals surface area contributed by atoms with E-state index in [1.807, 2.05) is 18.7 Å². The largest absolute Gasteiger partial charge is 0.340 e. The number of nitrogens with zero attached hydrogens (tertiary/aromatic N) is 5. The lowest BCUT2D eigenvalue weighted by atomic mass is 10.0. The zero-order valence-electron chi connectivity index (χ0n) is 17.5. The fourth-order valence-electron chi connectivity index (χ4n) is 4.09. The average molecular weight is 409 g/mol. The van der Waals surface area contributed by atoms with Crippen molar-refractivity contribution in [2.45, 2.75) is 52.1 Å². The number of aromatic nitrogens is 4. The van der Waals surface area contributed by atoms with Gasteiger partial charge in [-0.1, -0.05) is 26.0 Å². The Morgan fingerprint density at radius 3 is 2.67 bits per heavy atom. The van der Waals surface area contributed by atoms with Crippen LogP contribution in [0.2, 0.25) is 0 Å². The highest BCUT2D eigenvalue weighted by Gasteiger charge is 2.29. The van der Waals surface area contributed by atoms with Crippen LogP contribution >= 0.6 is 0 Å². The smallest absolute Gasteiger partial charge is 0.270 e. The number of allylic oxidation sites excluding steroid dienone is 1. The molecule has 1 aliphatic heterocycles. The van der Waals surface area contributed by atoms with Gasteiger partial charge < -0.3 is 14.8 Å². The number of hydrogen-bond acceptors (Lipinski definition) is 5. The van der Waals surface area contributed by atoms with E-state index in [9.17, 15) is 9.59 Å². The van der Waals surface area contributed by atoms with E-state index in [0.29, 0.717) is 31.7 Å². The molecule has 30 heavy (non-hydrogen) atoms. The molecule has 2 aromatic rings. The molecular formula is C22H28N6O2. The molecule has 4 rings (SSSR count). The van der Waals surface area contributed by atoms with Crippen LogP contribution in [0.4, 0.5) is 0 Å². The van der Waals surface area contributed by atoms with Crippen LogP contribution in [-0.2, 0) is 17.8 Å². The van der Waals surface area contributed by atoms with Crippen molar-refractivity contribution in [3.05, 3.63) is 53.4 Å². The van der Waals surface area contributed by atoms with Crippen LogP contribution < -0.4 is 5.32 Å². The molecule has 1 atom stereocenters. The number of hydrogen-bond donors (Lipinski definition) is 1. The van der Waals surface area contributed by atoms with Gasteiger partial charge in [-0.15, -0.1) is 10.2 Å². The van der Waals surface area contributed by atoms with Gasteiger partial charge in [0.05, 0.1) is 6.04 Å². The highest BCUT2D eigenvalue weighted by Crippen LogP contribution is 2.24. The lowest BCUT2D eigenvalue weighted by molar-refractivity contribution is -0.127. The van der Waals surface area contributed by atoms with Crippen molar-refractivity contribution in [2.24, 2.45) is 5.92 Å². The number of nitrogens with one attached hydrogen (secondary N) is 1. The number of fused-ring (bicyclic) bond motifs is 1. The molecular weight excluding hydrogens is 380 g/mol. The maximum absolute atomic E-state index is 12.8. The molecule has 8 heteroatoms. The van der Waals surface area contributed by atoms with E-state index in [1.54, 1.807) is 24.4 Å². The van der Waals surface area contributed by atoms with Gasteiger partial charge in [-0.3, -0.25) is 14.6 Å². The first-order valence-corrected chi connectivity index (χ1v) is 10.7. The van der Waals surface area contributed by atoms with Gasteiger partial charge in [0.1, 0.15) is 11.5 Å². The molecule has 0 bridgehead atoms. The fourth-order valence-corrected chi connectivity index (χ4v) is 4.09. The van der Waals surface area contributed by atoms with Crippen molar-refractivity contribution in [1.82, 2.24) is 30.0 Å². The third-order valence-corrected chi connectivity index (χ3v) is 5.79. The number of carbonyl (C=O) groups excluding carboxylic acids is 2. The Bertz CT molecular complexity index is 950. The molecule has 0 radical (unpaired) electrons. The van der Waals surface area contributed by atoms with E-state index in [-0.39, 0.29) is 23.8 Å². The quantitative estimate of drug-likeness (QED) is 0.819. The molecule has 2 aliphatic rings. The first kappa shape index (κ1) is 20.3. The van der Waals surface area contributed by atoms with Crippen LogP contribution in [0.25, 0.3) is 0 Å². The van der Waals surface area contributed by atoms with Gasteiger partial charge in [-0.25, -0.2) is 0 Å². The van der Waals surface area contributed by atoms with Gasteiger partial charge in [0, 0.05) is 37.8 Å². The summed E-state index contributed by atoms with van der Waals surface area (Å²) in [6.07, 6.45) is 7.27. The van der Waals surface area contributed by atoms with Crippen molar-refractivity contribution in [3.63, 3.8) is 0 Å². The summed E-state index contributed by atoms with van der Waals surface area (Å²) in [7, 11) is 0. The highest BCUT2D eigenvalue weighted by atomic mass is 16.2. The van der Waals surface area contributed by atoms with E-state index in [4.69, 9.17) is 0 Å². The molecule has 8 nitrogen and oxygen atoms in total. The van der Waals surface area contributed by atoms with Crippen LogP contribution in [0.1, 0.15) is 61.3 Å². The second-order valence-corrected chi connectivity index (χ2v) is 8.20. The number of pyridine rings is 1. The molecule has 1 aliphatic carbocycles. The maximum Gasteiger partial charge on any atom is 0.270 e. The average Bonchev–Trinajstić information content (AvgIpc) is 3.38. The summed E-state index contributed by atoms with van der Waals surface area (Å²) in [5.41, 5.74) is 1.32. The maximum atomic E-state index is 12.8. The Kier molecular flexibility index (Phi) is 5.92. The van der Waals surface area contributed by atoms with Crippen LogP contribution in [0.5, 0.6) is 0 Å². The van der Waals surface area contributed by atoms with Crippen LogP contribution in [0.15, 0.2) is 36.0 Å². The van der Waals surface area contributed by atoms with E-state index in [2.05, 4.69) is 31.1 Å². The summed E-state index contributed by atoms with van der Waals surface area (Å²) < 4.78 is 2.07. The van der Waals surface area contributed by atoms with Gasteiger partial charge in [-0.2, -0.15) is 0 Å². The van der Waals surface area contributed by atoms with Gasteiger partial charge >= 0.3 is 0 Å². The molecule has 3 heterocycles. The molecule has 1 N–H and O–H groups in total. The molecule has 0 saturated carbocycles. The fraction of sp³-hybridized carbons (Fsp3) is 0.500. The van der Waals surface area contributed by atoms with E-state index in [0.717, 1.165) is 36.5 Å². The van der Waals surface area contributed by atoms with Gasteiger partial charge in [0.25, 0.3) is 5.91 Å². The minimum atomic E-state index is -0.291. The lowest BCUT2D eigenvalue weighted by Gasteiger charge is -2.23. The lowest BCUT2D eigenvalue weighted by Crippen LogP contribution is -2.36. The van der Waals surface area contributed by atoms with E-state index >= 15 is 0 Å². The first-order chi connectivity index (χ1) is 14.5. The van der Waals surface area contributed by atoms with Crippen molar-refractivity contribution < 1.29 is 9.59 Å². The van der Waals surface area contributed by atoms with Gasteiger partial charge in [-0.05, 0) is 37.3 Å². The Labute approximate surface area is 176 Å². The van der Waals surface area contributed by atoms with Crippen molar-refractivity contribution >= 4 is 11.8 Å². The third-order valence-electron chi connectivity index (χ3n) is 5.79. The summed E-state index contributed by atoms with van der Waals surface area (Å²) in [6, 6.07) is 4.98. The van der Waals surface area contributed by atoms with Gasteiger partial charge in [0.2, 0.25) is 5.91 Å². The predicted octanol–water partition coefficient (Wildman–Crippen LogP) is 2.30. The third kappa shape index (κ3) is 4.13. The Hall–Kier alpha value is -3.03. The summed E-state index contributed by atoms with van der Waals surface area (Å²) in [5, 5.41) is 11.9. The zero-order valence-corrected chi connectivity index (χ0v) is 17.5. The molecule has 0 spiro atoms. The first-order valence-electron chi connectivity index (χ1n) is 10.7. The number of amides is 2. The summed E-state index contributed by atoms with van der Waals surface area (Å²) in [6.45, 7) is 5.97. The van der Waals surface area contributed by atoms with Crippen molar-refractivity contribution in [1.29, 1.82) is 0 Å². The Morgan fingerprint density at radius 1 is 1.10 bits per heavy atom. The monoisotopic (exact) mass is 408 g/mol. The molecule has 0 fully saturated rings.